The maximum absolute atomic E-state index is 12.7. The molecule has 0 aliphatic carbocycles. The summed E-state index contributed by atoms with van der Waals surface area (Å²) in [5.41, 5.74) is 1.32. The molecule has 1 N–H and O–H groups in total. The second-order valence-electron chi connectivity index (χ2n) is 7.11. The normalized spacial score (nSPS) is 16.4. The highest BCUT2D eigenvalue weighted by Gasteiger charge is 2.27. The Morgan fingerprint density at radius 2 is 1.83 bits per heavy atom. The van der Waals surface area contributed by atoms with E-state index < -0.39 is 0 Å². The number of ketones is 1. The minimum Gasteiger partial charge on any atom is -0.354 e. The van der Waals surface area contributed by atoms with E-state index in [-0.39, 0.29) is 17.6 Å². The standard InChI is InChI=1S/C21H22N6O2/c1-15(28)16-5-7-18(8-6-16)23-21(29)17-4-2-12-26(14-17)19-9-10-20(25-24-19)27-13-3-11-22-27/h3,5-11,13,17H,2,4,12,14H2,1H3,(H,23,29). The molecule has 3 aromatic rings. The highest BCUT2D eigenvalue weighted by atomic mass is 16.2. The number of aromatic nitrogens is 4. The third-order valence-corrected chi connectivity index (χ3v) is 5.05. The molecule has 0 radical (unpaired) electrons. The molecule has 8 nitrogen and oxygen atoms in total. The molecule has 1 aromatic carbocycles. The van der Waals surface area contributed by atoms with Crippen LogP contribution in [0.3, 0.4) is 0 Å². The Hall–Kier alpha value is -3.55. The predicted molar refractivity (Wildman–Crippen MR) is 109 cm³/mol. The van der Waals surface area contributed by atoms with Crippen molar-refractivity contribution in [1.29, 1.82) is 0 Å². The zero-order chi connectivity index (χ0) is 20.2. The van der Waals surface area contributed by atoms with Gasteiger partial charge in [-0.1, -0.05) is 0 Å². The predicted octanol–water partition coefficient (Wildman–Crippen LogP) is 2.72. The van der Waals surface area contributed by atoms with Gasteiger partial charge in [-0.25, -0.2) is 4.68 Å². The summed E-state index contributed by atoms with van der Waals surface area (Å²) in [6.45, 7) is 2.95. The lowest BCUT2D eigenvalue weighted by molar-refractivity contribution is -0.120. The van der Waals surface area contributed by atoms with Crippen LogP contribution in [-0.2, 0) is 4.79 Å². The molecule has 0 bridgehead atoms. The number of nitrogens with zero attached hydrogens (tertiary/aromatic N) is 5. The molecule has 8 heteroatoms. The number of carbonyl (C=O) groups excluding carboxylic acids is 2. The number of piperidine rings is 1. The molecule has 1 unspecified atom stereocenters. The van der Waals surface area contributed by atoms with E-state index in [0.29, 0.717) is 23.6 Å². The van der Waals surface area contributed by atoms with Crippen LogP contribution in [-0.4, -0.2) is 44.8 Å². The van der Waals surface area contributed by atoms with E-state index in [1.165, 1.54) is 6.92 Å². The number of hydrogen-bond acceptors (Lipinski definition) is 6. The smallest absolute Gasteiger partial charge is 0.229 e. The fraction of sp³-hybridized carbons (Fsp3) is 0.286. The van der Waals surface area contributed by atoms with Crippen LogP contribution in [0, 0.1) is 5.92 Å². The number of carbonyl (C=O) groups is 2. The molecule has 1 aliphatic rings. The van der Waals surface area contributed by atoms with Crippen molar-refractivity contribution in [1.82, 2.24) is 20.0 Å². The van der Waals surface area contributed by atoms with Crippen molar-refractivity contribution in [3.63, 3.8) is 0 Å². The van der Waals surface area contributed by atoms with Crippen LogP contribution in [0.1, 0.15) is 30.1 Å². The Morgan fingerprint density at radius 3 is 2.48 bits per heavy atom. The Morgan fingerprint density at radius 1 is 1.07 bits per heavy atom. The Bertz CT molecular complexity index is 983. The maximum atomic E-state index is 12.7. The number of hydrogen-bond donors (Lipinski definition) is 1. The van der Waals surface area contributed by atoms with Crippen LogP contribution >= 0.6 is 0 Å². The molecule has 0 saturated carbocycles. The molecule has 2 aromatic heterocycles. The molecule has 1 aliphatic heterocycles. The average molecular weight is 390 g/mol. The fourth-order valence-electron chi connectivity index (χ4n) is 3.45. The summed E-state index contributed by atoms with van der Waals surface area (Å²) in [5.74, 6) is 1.25. The quantitative estimate of drug-likeness (QED) is 0.674. The van der Waals surface area contributed by atoms with Gasteiger partial charge in [-0.3, -0.25) is 9.59 Å². The van der Waals surface area contributed by atoms with E-state index in [1.807, 2.05) is 24.4 Å². The van der Waals surface area contributed by atoms with Gasteiger partial charge in [0.25, 0.3) is 0 Å². The molecular weight excluding hydrogens is 368 g/mol. The summed E-state index contributed by atoms with van der Waals surface area (Å²) >= 11 is 0. The van der Waals surface area contributed by atoms with Gasteiger partial charge in [0.15, 0.2) is 17.4 Å². The monoisotopic (exact) mass is 390 g/mol. The molecule has 3 heterocycles. The van der Waals surface area contributed by atoms with Crippen molar-refractivity contribution in [2.75, 3.05) is 23.3 Å². The minimum absolute atomic E-state index is 0.00508. The van der Waals surface area contributed by atoms with Gasteiger partial charge in [-0.15, -0.1) is 10.2 Å². The van der Waals surface area contributed by atoms with Crippen molar-refractivity contribution in [3.05, 3.63) is 60.4 Å². The SMILES string of the molecule is CC(=O)c1ccc(NC(=O)C2CCCN(c3ccc(-n4cccn4)nn3)C2)cc1. The van der Waals surface area contributed by atoms with Crippen molar-refractivity contribution in [2.45, 2.75) is 19.8 Å². The van der Waals surface area contributed by atoms with E-state index in [0.717, 1.165) is 25.2 Å². The summed E-state index contributed by atoms with van der Waals surface area (Å²) in [4.78, 5) is 26.2. The largest absolute Gasteiger partial charge is 0.354 e. The highest BCUT2D eigenvalue weighted by Crippen LogP contribution is 2.23. The first-order chi connectivity index (χ1) is 14.1. The van der Waals surface area contributed by atoms with Crippen molar-refractivity contribution in [2.24, 2.45) is 5.92 Å². The van der Waals surface area contributed by atoms with E-state index >= 15 is 0 Å². The van der Waals surface area contributed by atoms with Gasteiger partial charge in [0.2, 0.25) is 5.91 Å². The van der Waals surface area contributed by atoms with Crippen molar-refractivity contribution in [3.8, 4) is 5.82 Å². The van der Waals surface area contributed by atoms with Gasteiger partial charge < -0.3 is 10.2 Å². The minimum atomic E-state index is -0.135. The molecule has 1 amide bonds. The van der Waals surface area contributed by atoms with E-state index in [2.05, 4.69) is 25.5 Å². The van der Waals surface area contributed by atoms with Crippen LogP contribution in [0.25, 0.3) is 5.82 Å². The second kappa shape index (κ2) is 8.22. The average Bonchev–Trinajstić information content (AvgIpc) is 3.29. The molecule has 0 spiro atoms. The highest BCUT2D eigenvalue weighted by molar-refractivity contribution is 5.96. The van der Waals surface area contributed by atoms with Gasteiger partial charge in [0.1, 0.15) is 0 Å². The van der Waals surface area contributed by atoms with Crippen LogP contribution in [0.15, 0.2) is 54.9 Å². The fourth-order valence-corrected chi connectivity index (χ4v) is 3.45. The molecule has 1 fully saturated rings. The number of benzene rings is 1. The summed E-state index contributed by atoms with van der Waals surface area (Å²) in [7, 11) is 0. The first kappa shape index (κ1) is 18.8. The summed E-state index contributed by atoms with van der Waals surface area (Å²) in [6, 6.07) is 12.6. The zero-order valence-electron chi connectivity index (χ0n) is 16.2. The third-order valence-electron chi connectivity index (χ3n) is 5.05. The maximum Gasteiger partial charge on any atom is 0.229 e. The van der Waals surface area contributed by atoms with Crippen LogP contribution in [0.2, 0.25) is 0 Å². The molecule has 1 saturated heterocycles. The van der Waals surface area contributed by atoms with E-state index in [4.69, 9.17) is 0 Å². The molecule has 148 valence electrons. The van der Waals surface area contributed by atoms with Crippen molar-refractivity contribution < 1.29 is 9.59 Å². The van der Waals surface area contributed by atoms with Gasteiger partial charge in [0.05, 0.1) is 5.92 Å². The molecule has 29 heavy (non-hydrogen) atoms. The molecule has 4 rings (SSSR count). The Kier molecular flexibility index (Phi) is 5.33. The zero-order valence-corrected chi connectivity index (χ0v) is 16.2. The number of nitrogens with one attached hydrogen (secondary N) is 1. The lowest BCUT2D eigenvalue weighted by Gasteiger charge is -2.32. The number of rotatable bonds is 5. The lowest BCUT2D eigenvalue weighted by Crippen LogP contribution is -2.41. The topological polar surface area (TPSA) is 93.0 Å². The molecular formula is C21H22N6O2. The van der Waals surface area contributed by atoms with Crippen LogP contribution in [0.4, 0.5) is 11.5 Å². The van der Waals surface area contributed by atoms with Gasteiger partial charge >= 0.3 is 0 Å². The van der Waals surface area contributed by atoms with Crippen molar-refractivity contribution >= 4 is 23.2 Å². The summed E-state index contributed by atoms with van der Waals surface area (Å²) < 4.78 is 1.65. The summed E-state index contributed by atoms with van der Waals surface area (Å²) in [5, 5.41) is 15.7. The van der Waals surface area contributed by atoms with E-state index in [9.17, 15) is 9.59 Å². The van der Waals surface area contributed by atoms with Crippen LogP contribution < -0.4 is 10.2 Å². The molecule has 1 atom stereocenters. The number of anilines is 2. The van der Waals surface area contributed by atoms with E-state index in [1.54, 1.807) is 35.1 Å². The van der Waals surface area contributed by atoms with Gasteiger partial charge in [0, 0.05) is 36.7 Å². The number of Topliss-reactive ketones (excluding diaryl/α,β-unsaturated/α-hetero) is 1. The second-order valence-corrected chi connectivity index (χ2v) is 7.11. The summed E-state index contributed by atoms with van der Waals surface area (Å²) in [6.07, 6.45) is 5.24. The Balaban J connectivity index is 1.39. The first-order valence-corrected chi connectivity index (χ1v) is 9.61. The first-order valence-electron chi connectivity index (χ1n) is 9.61. The Labute approximate surface area is 168 Å². The third kappa shape index (κ3) is 4.31. The lowest BCUT2D eigenvalue weighted by atomic mass is 9.97. The van der Waals surface area contributed by atoms with Crippen LogP contribution in [0.5, 0.6) is 0 Å². The van der Waals surface area contributed by atoms with Gasteiger partial charge in [-0.2, -0.15) is 5.10 Å². The number of amides is 1. The van der Waals surface area contributed by atoms with Gasteiger partial charge in [-0.05, 0) is 62.2 Å².